The summed E-state index contributed by atoms with van der Waals surface area (Å²) in [6, 6.07) is 0. The second kappa shape index (κ2) is 3.82. The molecule has 1 atom stereocenters. The maximum atomic E-state index is 12.0. The minimum atomic E-state index is -3.42. The van der Waals surface area contributed by atoms with Crippen molar-refractivity contribution in [3.8, 4) is 0 Å². The molecule has 0 aliphatic carbocycles. The van der Waals surface area contributed by atoms with Gasteiger partial charge in [-0.3, -0.25) is 0 Å². The highest BCUT2D eigenvalue weighted by atomic mass is 32.2. The number of aliphatic hydroxyl groups is 1. The standard InChI is InChI=1S/C8H12N2O3S2/c1-6-9-4-8(14-6)15(12,13)10-3-2-7(11)5-10/h4,7,11H,2-3,5H2,1H3/t7-/m1/s1. The lowest BCUT2D eigenvalue weighted by molar-refractivity contribution is 0.189. The van der Waals surface area contributed by atoms with Gasteiger partial charge in [0.1, 0.15) is 0 Å². The molecule has 0 amide bonds. The maximum Gasteiger partial charge on any atom is 0.254 e. The van der Waals surface area contributed by atoms with Gasteiger partial charge < -0.3 is 5.11 Å². The molecular formula is C8H12N2O3S2. The van der Waals surface area contributed by atoms with E-state index in [-0.39, 0.29) is 10.8 Å². The van der Waals surface area contributed by atoms with E-state index < -0.39 is 16.1 Å². The second-order valence-electron chi connectivity index (χ2n) is 3.50. The van der Waals surface area contributed by atoms with Crippen molar-refractivity contribution in [3.63, 3.8) is 0 Å². The number of sulfonamides is 1. The van der Waals surface area contributed by atoms with E-state index in [4.69, 9.17) is 0 Å². The number of aliphatic hydroxyl groups excluding tert-OH is 1. The summed E-state index contributed by atoms with van der Waals surface area (Å²) in [7, 11) is -3.42. The molecule has 15 heavy (non-hydrogen) atoms. The van der Waals surface area contributed by atoms with Gasteiger partial charge in [-0.1, -0.05) is 0 Å². The molecule has 0 bridgehead atoms. The van der Waals surface area contributed by atoms with Crippen LogP contribution < -0.4 is 0 Å². The van der Waals surface area contributed by atoms with Gasteiger partial charge in [-0.05, 0) is 13.3 Å². The van der Waals surface area contributed by atoms with E-state index in [9.17, 15) is 13.5 Å². The van der Waals surface area contributed by atoms with Gasteiger partial charge >= 0.3 is 0 Å². The van der Waals surface area contributed by atoms with E-state index >= 15 is 0 Å². The van der Waals surface area contributed by atoms with Crippen molar-refractivity contribution in [3.05, 3.63) is 11.2 Å². The van der Waals surface area contributed by atoms with Gasteiger partial charge in [-0.15, -0.1) is 11.3 Å². The Kier molecular flexibility index (Phi) is 2.80. The highest BCUT2D eigenvalue weighted by Gasteiger charge is 2.32. The smallest absolute Gasteiger partial charge is 0.254 e. The van der Waals surface area contributed by atoms with Crippen LogP contribution in [0.2, 0.25) is 0 Å². The summed E-state index contributed by atoms with van der Waals surface area (Å²) < 4.78 is 25.5. The van der Waals surface area contributed by atoms with Gasteiger partial charge in [-0.25, -0.2) is 13.4 Å². The van der Waals surface area contributed by atoms with Crippen molar-refractivity contribution in [2.45, 2.75) is 23.7 Å². The molecule has 1 aromatic heterocycles. The third-order valence-electron chi connectivity index (χ3n) is 2.32. The minimum absolute atomic E-state index is 0.194. The average molecular weight is 248 g/mol. The third-order valence-corrected chi connectivity index (χ3v) is 5.53. The van der Waals surface area contributed by atoms with Gasteiger partial charge in [-0.2, -0.15) is 4.31 Å². The Balaban J connectivity index is 2.27. The molecular weight excluding hydrogens is 236 g/mol. The number of rotatable bonds is 2. The van der Waals surface area contributed by atoms with Crippen LogP contribution in [0.4, 0.5) is 0 Å². The van der Waals surface area contributed by atoms with E-state index in [0.717, 1.165) is 16.3 Å². The fraction of sp³-hybridized carbons (Fsp3) is 0.625. The summed E-state index contributed by atoms with van der Waals surface area (Å²) in [6.07, 6.45) is 1.35. The van der Waals surface area contributed by atoms with Crippen molar-refractivity contribution in [2.24, 2.45) is 0 Å². The van der Waals surface area contributed by atoms with Crippen molar-refractivity contribution in [2.75, 3.05) is 13.1 Å². The first kappa shape index (κ1) is 11.0. The van der Waals surface area contributed by atoms with Crippen LogP contribution in [0.15, 0.2) is 10.4 Å². The monoisotopic (exact) mass is 248 g/mol. The van der Waals surface area contributed by atoms with Crippen molar-refractivity contribution in [1.82, 2.24) is 9.29 Å². The van der Waals surface area contributed by atoms with Gasteiger partial charge in [0, 0.05) is 13.1 Å². The zero-order valence-corrected chi connectivity index (χ0v) is 9.88. The molecule has 84 valence electrons. The Morgan fingerprint density at radius 2 is 2.40 bits per heavy atom. The van der Waals surface area contributed by atoms with Crippen LogP contribution in [0.5, 0.6) is 0 Å². The van der Waals surface area contributed by atoms with Crippen LogP contribution in [0.25, 0.3) is 0 Å². The highest BCUT2D eigenvalue weighted by Crippen LogP contribution is 2.25. The van der Waals surface area contributed by atoms with Crippen LogP contribution >= 0.6 is 11.3 Å². The number of aryl methyl sites for hydroxylation is 1. The number of thiazole rings is 1. The predicted molar refractivity (Wildman–Crippen MR) is 56.2 cm³/mol. The summed E-state index contributed by atoms with van der Waals surface area (Å²) >= 11 is 1.16. The topological polar surface area (TPSA) is 70.5 Å². The molecule has 1 fully saturated rings. The fourth-order valence-corrected chi connectivity index (χ4v) is 4.27. The Morgan fingerprint density at radius 1 is 1.67 bits per heavy atom. The molecule has 0 spiro atoms. The van der Waals surface area contributed by atoms with Gasteiger partial charge in [0.25, 0.3) is 10.0 Å². The molecule has 1 N–H and O–H groups in total. The minimum Gasteiger partial charge on any atom is -0.392 e. The number of β-amino-alcohol motifs (C(OH)–C–C–N with tert-alkyl or cyclic N) is 1. The number of aromatic nitrogens is 1. The largest absolute Gasteiger partial charge is 0.392 e. The zero-order valence-electron chi connectivity index (χ0n) is 8.25. The number of hydrogen-bond donors (Lipinski definition) is 1. The van der Waals surface area contributed by atoms with Crippen LogP contribution in [0, 0.1) is 6.92 Å². The summed E-state index contributed by atoms with van der Waals surface area (Å²) in [5.41, 5.74) is 0. The molecule has 0 radical (unpaired) electrons. The van der Waals surface area contributed by atoms with Crippen molar-refractivity contribution in [1.29, 1.82) is 0 Å². The number of hydrogen-bond acceptors (Lipinski definition) is 5. The predicted octanol–water partition coefficient (Wildman–Crippen LogP) is 0.207. The summed E-state index contributed by atoms with van der Waals surface area (Å²) in [5, 5.41) is 10.0. The van der Waals surface area contributed by atoms with Gasteiger partial charge in [0.05, 0.1) is 17.3 Å². The Morgan fingerprint density at radius 3 is 2.87 bits per heavy atom. The highest BCUT2D eigenvalue weighted by molar-refractivity contribution is 7.91. The molecule has 1 saturated heterocycles. The lowest BCUT2D eigenvalue weighted by atomic mass is 10.3. The number of nitrogens with zero attached hydrogens (tertiary/aromatic N) is 2. The molecule has 0 aromatic carbocycles. The summed E-state index contributed by atoms with van der Waals surface area (Å²) in [6.45, 7) is 2.35. The SMILES string of the molecule is Cc1ncc(S(=O)(=O)N2CC[C@@H](O)C2)s1. The quantitative estimate of drug-likeness (QED) is 0.812. The van der Waals surface area contributed by atoms with Crippen molar-refractivity contribution >= 4 is 21.4 Å². The molecule has 1 aliphatic rings. The van der Waals surface area contributed by atoms with E-state index in [1.165, 1.54) is 10.5 Å². The molecule has 2 rings (SSSR count). The molecule has 0 saturated carbocycles. The van der Waals surface area contributed by atoms with E-state index in [1.54, 1.807) is 6.92 Å². The molecule has 5 nitrogen and oxygen atoms in total. The zero-order chi connectivity index (χ0) is 11.1. The second-order valence-corrected chi connectivity index (χ2v) is 6.90. The third kappa shape index (κ3) is 2.05. The first-order chi connectivity index (χ1) is 7.00. The Bertz CT molecular complexity index is 454. The lowest BCUT2D eigenvalue weighted by Gasteiger charge is -2.13. The van der Waals surface area contributed by atoms with E-state index in [0.29, 0.717) is 13.0 Å². The molecule has 2 heterocycles. The first-order valence-electron chi connectivity index (χ1n) is 4.61. The first-order valence-corrected chi connectivity index (χ1v) is 6.86. The molecule has 7 heteroatoms. The summed E-state index contributed by atoms with van der Waals surface area (Å²) in [5.74, 6) is 0. The van der Waals surface area contributed by atoms with Gasteiger partial charge in [0.2, 0.25) is 0 Å². The van der Waals surface area contributed by atoms with E-state index in [2.05, 4.69) is 4.98 Å². The van der Waals surface area contributed by atoms with Crippen LogP contribution in [-0.4, -0.2) is 42.0 Å². The Hall–Kier alpha value is -0.500. The molecule has 0 unspecified atom stereocenters. The van der Waals surface area contributed by atoms with Gasteiger partial charge in [0.15, 0.2) is 4.21 Å². The lowest BCUT2D eigenvalue weighted by Crippen LogP contribution is -2.29. The maximum absolute atomic E-state index is 12.0. The molecule has 1 aliphatic heterocycles. The fourth-order valence-electron chi connectivity index (χ4n) is 1.52. The Labute approximate surface area is 92.4 Å². The van der Waals surface area contributed by atoms with Crippen LogP contribution in [0.3, 0.4) is 0 Å². The molecule has 1 aromatic rings. The average Bonchev–Trinajstić information content (AvgIpc) is 2.74. The van der Waals surface area contributed by atoms with Crippen LogP contribution in [0.1, 0.15) is 11.4 Å². The van der Waals surface area contributed by atoms with Crippen LogP contribution in [-0.2, 0) is 10.0 Å². The summed E-state index contributed by atoms with van der Waals surface area (Å²) in [4.78, 5) is 3.92. The normalized spacial score (nSPS) is 23.5. The van der Waals surface area contributed by atoms with Crippen molar-refractivity contribution < 1.29 is 13.5 Å². The van der Waals surface area contributed by atoms with E-state index in [1.807, 2.05) is 0 Å².